The molecule has 2 aromatic rings. The number of imidazole rings is 1. The van der Waals surface area contributed by atoms with Crippen molar-refractivity contribution < 1.29 is 62.6 Å². The average molecular weight is 937 g/mol. The molecule has 364 valence electrons. The summed E-state index contributed by atoms with van der Waals surface area (Å²) in [6.07, 6.45) is 8.19. The van der Waals surface area contributed by atoms with E-state index in [0.717, 1.165) is 51.9 Å². The van der Waals surface area contributed by atoms with Gasteiger partial charge >= 0.3 is 7.82 Å². The van der Waals surface area contributed by atoms with Gasteiger partial charge in [0.2, 0.25) is 35.4 Å². The van der Waals surface area contributed by atoms with Crippen molar-refractivity contribution in [2.45, 2.75) is 147 Å². The van der Waals surface area contributed by atoms with E-state index in [4.69, 9.17) is 15.4 Å². The standard InChI is InChI=1S/C43H69N8O13P/c1-28(2)21-34(47-43(60)37-18-14-20-51(37)30(4)54)40(57)46-35(22-32-23-45-27-50(32)19-13-8-6-5-7-10-15-31-16-11-9-12-17-31)41(58)48-36(25-53)42(59)49-38(39(44)56)29(3)64-65(61,62)63-26-33(55)24-52/h9,11-12,16-17,23,27-29,33-38,52-53,55H,5-8,10,13-15,18-22,24-26H2,1-4H3,(H2,44,56)(H,46,57)(H,47,60)(H,48,58)(H,49,59)(H,61,62)/t29-,33+,34+,35+,36+,37+,38+/m1/s1. The Hall–Kier alpha value is -4.76. The van der Waals surface area contributed by atoms with Gasteiger partial charge in [0, 0.05) is 38.3 Å². The fourth-order valence-corrected chi connectivity index (χ4v) is 8.40. The van der Waals surface area contributed by atoms with Gasteiger partial charge in [0.25, 0.3) is 0 Å². The Labute approximate surface area is 380 Å². The molecular weight excluding hydrogens is 867 g/mol. The molecule has 2 heterocycles. The number of aromatic nitrogens is 2. The molecule has 8 atom stereocenters. The highest BCUT2D eigenvalue weighted by Gasteiger charge is 2.38. The van der Waals surface area contributed by atoms with Gasteiger partial charge in [-0.2, -0.15) is 0 Å². The zero-order valence-electron chi connectivity index (χ0n) is 37.8. The van der Waals surface area contributed by atoms with Gasteiger partial charge in [0.05, 0.1) is 32.3 Å². The molecule has 1 aliphatic heterocycles. The summed E-state index contributed by atoms with van der Waals surface area (Å²) in [6.45, 7) is 4.53. The van der Waals surface area contributed by atoms with Gasteiger partial charge in [-0.05, 0) is 56.9 Å². The molecule has 0 aliphatic carbocycles. The van der Waals surface area contributed by atoms with Gasteiger partial charge in [-0.1, -0.05) is 69.9 Å². The molecule has 10 N–H and O–H groups in total. The summed E-state index contributed by atoms with van der Waals surface area (Å²) < 4.78 is 23.8. The van der Waals surface area contributed by atoms with Crippen LogP contribution in [-0.4, -0.2) is 139 Å². The van der Waals surface area contributed by atoms with Crippen molar-refractivity contribution in [2.75, 3.05) is 26.4 Å². The summed E-state index contributed by atoms with van der Waals surface area (Å²) >= 11 is 0. The van der Waals surface area contributed by atoms with Crippen LogP contribution in [0, 0.1) is 5.92 Å². The van der Waals surface area contributed by atoms with Crippen LogP contribution in [0.1, 0.15) is 96.7 Å². The van der Waals surface area contributed by atoms with Crippen LogP contribution in [0.15, 0.2) is 42.9 Å². The highest BCUT2D eigenvalue weighted by Crippen LogP contribution is 2.45. The van der Waals surface area contributed by atoms with Crippen LogP contribution in [0.5, 0.6) is 0 Å². The number of carbonyl (C=O) groups is 6. The number of aliphatic hydroxyl groups is 3. The fourth-order valence-electron chi connectivity index (χ4n) is 7.43. The van der Waals surface area contributed by atoms with Crippen LogP contribution < -0.4 is 27.0 Å². The number of benzene rings is 1. The van der Waals surface area contributed by atoms with E-state index in [1.807, 2.05) is 36.6 Å². The van der Waals surface area contributed by atoms with Gasteiger partial charge in [0.15, 0.2) is 0 Å². The predicted octanol–water partition coefficient (Wildman–Crippen LogP) is 0.358. The molecule has 0 radical (unpaired) electrons. The minimum atomic E-state index is -4.97. The molecule has 0 spiro atoms. The lowest BCUT2D eigenvalue weighted by molar-refractivity contribution is -0.139. The highest BCUT2D eigenvalue weighted by atomic mass is 31.2. The molecule has 0 bridgehead atoms. The summed E-state index contributed by atoms with van der Waals surface area (Å²) in [7, 11) is -4.97. The fraction of sp³-hybridized carbons (Fsp3) is 0.651. The van der Waals surface area contributed by atoms with Crippen LogP contribution in [0.25, 0.3) is 0 Å². The number of nitrogens with one attached hydrogen (secondary N) is 4. The number of nitrogens with zero attached hydrogens (tertiary/aromatic N) is 3. The van der Waals surface area contributed by atoms with Crippen LogP contribution in [0.2, 0.25) is 0 Å². The van der Waals surface area contributed by atoms with Crippen LogP contribution >= 0.6 is 7.82 Å². The average Bonchev–Trinajstić information content (AvgIpc) is 3.94. The molecule has 1 aliphatic rings. The normalized spacial score (nSPS) is 17.6. The zero-order valence-corrected chi connectivity index (χ0v) is 38.7. The number of amides is 6. The minimum absolute atomic E-state index is 0.0958. The molecule has 65 heavy (non-hydrogen) atoms. The molecule has 1 fully saturated rings. The Morgan fingerprint density at radius 1 is 0.877 bits per heavy atom. The maximum Gasteiger partial charge on any atom is 0.472 e. The lowest BCUT2D eigenvalue weighted by atomic mass is 10.0. The Morgan fingerprint density at radius 3 is 2.14 bits per heavy atom. The Bertz CT molecular complexity index is 1890. The number of phosphoric acid groups is 1. The number of likely N-dealkylation sites (tertiary alicyclic amines) is 1. The molecule has 1 unspecified atom stereocenters. The number of aryl methyl sites for hydroxylation is 2. The van der Waals surface area contributed by atoms with E-state index in [2.05, 4.69) is 42.9 Å². The SMILES string of the molecule is CC(=O)N1CCC[C@H]1C(=O)N[C@@H](CC(C)C)C(=O)N[C@@H](Cc1cncn1CCCCCCCCc1ccccc1)C(=O)N[C@@H](CO)C(=O)N[C@H](C(N)=O)[C@@H](C)OP(=O)(O)OC[C@@H](O)CO. The van der Waals surface area contributed by atoms with E-state index in [-0.39, 0.29) is 24.7 Å². The number of hydrogen-bond donors (Lipinski definition) is 9. The molecule has 22 heteroatoms. The first kappa shape index (κ1) is 54.6. The minimum Gasteiger partial charge on any atom is -0.394 e. The number of phosphoric ester groups is 1. The smallest absolute Gasteiger partial charge is 0.394 e. The number of primary amides is 1. The van der Waals surface area contributed by atoms with Gasteiger partial charge in [-0.3, -0.25) is 37.8 Å². The number of aliphatic hydroxyl groups excluding tert-OH is 3. The Morgan fingerprint density at radius 2 is 1.51 bits per heavy atom. The van der Waals surface area contributed by atoms with E-state index < -0.39 is 99.6 Å². The molecule has 3 rings (SSSR count). The summed E-state index contributed by atoms with van der Waals surface area (Å²) in [4.78, 5) is 95.6. The second kappa shape index (κ2) is 27.7. The summed E-state index contributed by atoms with van der Waals surface area (Å²) in [5.41, 5.74) is 7.34. The van der Waals surface area contributed by atoms with Crippen molar-refractivity contribution in [2.24, 2.45) is 11.7 Å². The topological polar surface area (TPSA) is 314 Å². The quantitative estimate of drug-likeness (QED) is 0.0378. The highest BCUT2D eigenvalue weighted by molar-refractivity contribution is 7.47. The maximum absolute atomic E-state index is 14.1. The number of hydrogen-bond acceptors (Lipinski definition) is 13. The summed E-state index contributed by atoms with van der Waals surface area (Å²) in [5, 5.41) is 38.8. The van der Waals surface area contributed by atoms with E-state index in [9.17, 15) is 48.4 Å². The molecule has 1 saturated heterocycles. The first-order chi connectivity index (χ1) is 30.8. The van der Waals surface area contributed by atoms with Crippen LogP contribution in [0.3, 0.4) is 0 Å². The monoisotopic (exact) mass is 936 g/mol. The molecule has 6 amide bonds. The van der Waals surface area contributed by atoms with Crippen LogP contribution in [-0.2, 0) is 61.8 Å². The largest absolute Gasteiger partial charge is 0.472 e. The number of nitrogens with two attached hydrogens (primary N) is 1. The third-order valence-corrected chi connectivity index (χ3v) is 12.0. The second-order valence-corrected chi connectivity index (χ2v) is 18.2. The van der Waals surface area contributed by atoms with Gasteiger partial charge in [0.1, 0.15) is 36.3 Å². The van der Waals surface area contributed by atoms with Gasteiger partial charge < -0.3 is 56.7 Å². The van der Waals surface area contributed by atoms with Gasteiger partial charge in [-0.15, -0.1) is 0 Å². The van der Waals surface area contributed by atoms with Crippen molar-refractivity contribution in [3.05, 3.63) is 54.1 Å². The summed E-state index contributed by atoms with van der Waals surface area (Å²) in [5.74, 6) is -4.92. The lowest BCUT2D eigenvalue weighted by Crippen LogP contribution is -2.61. The lowest BCUT2D eigenvalue weighted by Gasteiger charge is -2.29. The predicted molar refractivity (Wildman–Crippen MR) is 237 cm³/mol. The molecule has 21 nitrogen and oxygen atoms in total. The third-order valence-electron chi connectivity index (χ3n) is 10.9. The van der Waals surface area contributed by atoms with Crippen molar-refractivity contribution in [1.29, 1.82) is 0 Å². The van der Waals surface area contributed by atoms with Gasteiger partial charge in [-0.25, -0.2) is 9.55 Å². The molecular formula is C43H69N8O13P. The van der Waals surface area contributed by atoms with E-state index in [1.54, 1.807) is 12.5 Å². The summed E-state index contributed by atoms with van der Waals surface area (Å²) in [6, 6.07) is 3.48. The van der Waals surface area contributed by atoms with Crippen molar-refractivity contribution in [3.8, 4) is 0 Å². The number of carbonyl (C=O) groups excluding carboxylic acids is 6. The molecule has 1 aromatic carbocycles. The Kier molecular flexibility index (Phi) is 23.2. The maximum atomic E-state index is 14.1. The number of rotatable bonds is 30. The van der Waals surface area contributed by atoms with E-state index >= 15 is 0 Å². The third kappa shape index (κ3) is 18.9. The second-order valence-electron chi connectivity index (χ2n) is 16.8. The first-order valence-corrected chi connectivity index (χ1v) is 23.7. The van der Waals surface area contributed by atoms with Crippen molar-refractivity contribution >= 4 is 43.3 Å². The first-order valence-electron chi connectivity index (χ1n) is 22.2. The molecule has 0 saturated carbocycles. The van der Waals surface area contributed by atoms with E-state index in [1.165, 1.54) is 17.4 Å². The number of unbranched alkanes of at least 4 members (excludes halogenated alkanes) is 5. The van der Waals surface area contributed by atoms with Crippen molar-refractivity contribution in [3.63, 3.8) is 0 Å². The Balaban J connectivity index is 1.77. The van der Waals surface area contributed by atoms with E-state index in [0.29, 0.717) is 31.6 Å². The zero-order chi connectivity index (χ0) is 48.1. The van der Waals surface area contributed by atoms with Crippen molar-refractivity contribution in [1.82, 2.24) is 35.7 Å². The van der Waals surface area contributed by atoms with Crippen LogP contribution in [0.4, 0.5) is 0 Å². The molecule has 1 aromatic heterocycles.